The van der Waals surface area contributed by atoms with Crippen LogP contribution in [0.1, 0.15) is 40.3 Å². The summed E-state index contributed by atoms with van der Waals surface area (Å²) >= 11 is 0. The molecule has 0 aliphatic heterocycles. The van der Waals surface area contributed by atoms with Gasteiger partial charge in [-0.15, -0.1) is 0 Å². The highest BCUT2D eigenvalue weighted by Crippen LogP contribution is 2.32. The Bertz CT molecular complexity index is 1340. The second-order valence-corrected chi connectivity index (χ2v) is 11.6. The molecule has 196 valence electrons. The zero-order valence-electron chi connectivity index (χ0n) is 21.1. The van der Waals surface area contributed by atoms with Gasteiger partial charge in [-0.1, -0.05) is 72.3 Å². The first-order valence-corrected chi connectivity index (χ1v) is 14.0. The maximum absolute atomic E-state index is 13.4. The Balaban J connectivity index is 1.46. The summed E-state index contributed by atoms with van der Waals surface area (Å²) in [6.07, 6.45) is -0.916. The highest BCUT2D eigenvalue weighted by atomic mass is 32.2. The molecule has 8 heteroatoms. The summed E-state index contributed by atoms with van der Waals surface area (Å²) in [6, 6.07) is 21.7. The van der Waals surface area contributed by atoms with Crippen LogP contribution in [0.2, 0.25) is 0 Å². The lowest BCUT2D eigenvalue weighted by Crippen LogP contribution is -2.41. The van der Waals surface area contributed by atoms with Crippen molar-refractivity contribution in [1.82, 2.24) is 10.0 Å². The smallest absolute Gasteiger partial charge is 0.240 e. The van der Waals surface area contributed by atoms with E-state index >= 15 is 0 Å². The van der Waals surface area contributed by atoms with Crippen molar-refractivity contribution >= 4 is 15.9 Å². The Morgan fingerprint density at radius 3 is 2.46 bits per heavy atom. The second-order valence-electron chi connectivity index (χ2n) is 9.85. The van der Waals surface area contributed by atoms with Crippen molar-refractivity contribution in [2.75, 3.05) is 6.54 Å². The number of hydrogen-bond donors (Lipinski definition) is 4. The Morgan fingerprint density at radius 2 is 1.73 bits per heavy atom. The maximum Gasteiger partial charge on any atom is 0.240 e. The van der Waals surface area contributed by atoms with Gasteiger partial charge in [0.15, 0.2) is 0 Å². The molecule has 3 aromatic rings. The molecule has 3 aromatic carbocycles. The van der Waals surface area contributed by atoms with Crippen LogP contribution in [-0.4, -0.2) is 43.3 Å². The van der Waals surface area contributed by atoms with Crippen LogP contribution < -0.4 is 10.0 Å². The molecule has 4 atom stereocenters. The third-order valence-corrected chi connectivity index (χ3v) is 8.47. The number of carbonyl (C=O) groups excluding carboxylic acids is 1. The first-order valence-electron chi connectivity index (χ1n) is 12.5. The van der Waals surface area contributed by atoms with Gasteiger partial charge in [0.25, 0.3) is 0 Å². The van der Waals surface area contributed by atoms with Crippen molar-refractivity contribution in [3.63, 3.8) is 0 Å². The number of rotatable bonds is 10. The number of nitrogens with one attached hydrogen (secondary N) is 2. The molecule has 4 rings (SSSR count). The van der Waals surface area contributed by atoms with Gasteiger partial charge in [-0.2, -0.15) is 0 Å². The van der Waals surface area contributed by atoms with E-state index in [1.807, 2.05) is 61.5 Å². The number of aryl methyl sites for hydroxylation is 2. The molecule has 7 nitrogen and oxygen atoms in total. The van der Waals surface area contributed by atoms with Crippen molar-refractivity contribution in [2.45, 2.75) is 56.3 Å². The molecule has 0 saturated carbocycles. The first-order chi connectivity index (χ1) is 17.6. The molecular weight excluding hydrogens is 488 g/mol. The molecule has 0 aromatic heterocycles. The predicted molar refractivity (Wildman–Crippen MR) is 142 cm³/mol. The molecule has 4 N–H and O–H groups in total. The van der Waals surface area contributed by atoms with Gasteiger partial charge < -0.3 is 15.5 Å². The largest absolute Gasteiger partial charge is 0.392 e. The van der Waals surface area contributed by atoms with Crippen molar-refractivity contribution in [2.24, 2.45) is 5.92 Å². The Kier molecular flexibility index (Phi) is 8.44. The Labute approximate surface area is 218 Å². The average molecular weight is 523 g/mol. The van der Waals surface area contributed by atoms with Crippen molar-refractivity contribution in [1.29, 1.82) is 0 Å². The SMILES string of the molecule is Cc1ccc(S(=O)(=O)NCC(O)CC(Cc2ccccc2)C(=O)NC2c3ccccc3CC2O)c(C)c1. The molecule has 0 fully saturated rings. The van der Waals surface area contributed by atoms with E-state index in [4.69, 9.17) is 0 Å². The van der Waals surface area contributed by atoms with Crippen LogP contribution >= 0.6 is 0 Å². The van der Waals surface area contributed by atoms with Gasteiger partial charge in [0.1, 0.15) is 0 Å². The standard InChI is InChI=1S/C29H34N2O5S/c1-19-12-13-27(20(2)14-19)37(35,36)30-18-24(32)16-23(15-21-8-4-3-5-9-21)29(34)31-28-25-11-7-6-10-22(25)17-26(28)33/h3-14,23-24,26,28,30,32-33H,15-18H2,1-2H3,(H,31,34). The summed E-state index contributed by atoms with van der Waals surface area (Å²) < 4.78 is 28.2. The van der Waals surface area contributed by atoms with Crippen LogP contribution in [0, 0.1) is 19.8 Å². The number of aliphatic hydroxyl groups excluding tert-OH is 2. The van der Waals surface area contributed by atoms with E-state index in [-0.39, 0.29) is 23.8 Å². The number of sulfonamides is 1. The summed E-state index contributed by atoms with van der Waals surface area (Å²) in [6.45, 7) is 3.40. The lowest BCUT2D eigenvalue weighted by Gasteiger charge is -2.24. The predicted octanol–water partition coefficient (Wildman–Crippen LogP) is 2.97. The van der Waals surface area contributed by atoms with E-state index < -0.39 is 34.2 Å². The lowest BCUT2D eigenvalue weighted by molar-refractivity contribution is -0.127. The molecule has 0 radical (unpaired) electrons. The summed E-state index contributed by atoms with van der Waals surface area (Å²) in [5.41, 5.74) is 4.40. The number of hydrogen-bond acceptors (Lipinski definition) is 5. The van der Waals surface area contributed by atoms with Crippen molar-refractivity contribution < 1.29 is 23.4 Å². The number of amides is 1. The molecule has 1 aliphatic rings. The van der Waals surface area contributed by atoms with E-state index in [0.717, 1.165) is 22.3 Å². The molecule has 4 unspecified atom stereocenters. The third kappa shape index (κ3) is 6.64. The van der Waals surface area contributed by atoms with Crippen LogP contribution in [0.4, 0.5) is 0 Å². The van der Waals surface area contributed by atoms with Gasteiger partial charge in [0, 0.05) is 18.9 Å². The van der Waals surface area contributed by atoms with E-state index in [0.29, 0.717) is 18.4 Å². The summed E-state index contributed by atoms with van der Waals surface area (Å²) in [5.74, 6) is -0.913. The van der Waals surface area contributed by atoms with Crippen LogP contribution in [0.15, 0.2) is 77.7 Å². The fourth-order valence-electron chi connectivity index (χ4n) is 5.00. The molecule has 1 aliphatic carbocycles. The quantitative estimate of drug-likeness (QED) is 0.327. The second kappa shape index (κ2) is 11.6. The van der Waals surface area contributed by atoms with Crippen LogP contribution in [0.3, 0.4) is 0 Å². The minimum absolute atomic E-state index is 0.0561. The van der Waals surface area contributed by atoms with Gasteiger partial charge >= 0.3 is 0 Å². The topological polar surface area (TPSA) is 116 Å². The average Bonchev–Trinajstić information content (AvgIpc) is 3.17. The van der Waals surface area contributed by atoms with Crippen LogP contribution in [0.25, 0.3) is 0 Å². The fraction of sp³-hybridized carbons (Fsp3) is 0.345. The normalized spacial score (nSPS) is 18.7. The van der Waals surface area contributed by atoms with E-state index in [2.05, 4.69) is 10.0 Å². The molecule has 0 bridgehead atoms. The molecular formula is C29H34N2O5S. The fourth-order valence-corrected chi connectivity index (χ4v) is 6.29. The molecule has 0 heterocycles. The van der Waals surface area contributed by atoms with Gasteiger partial charge in [0.2, 0.25) is 15.9 Å². The summed E-state index contributed by atoms with van der Waals surface area (Å²) in [4.78, 5) is 13.6. The van der Waals surface area contributed by atoms with Gasteiger partial charge in [-0.3, -0.25) is 4.79 Å². The Morgan fingerprint density at radius 1 is 1.03 bits per heavy atom. The number of fused-ring (bicyclic) bond motifs is 1. The van der Waals surface area contributed by atoms with Gasteiger partial charge in [0.05, 0.1) is 23.1 Å². The lowest BCUT2D eigenvalue weighted by atomic mass is 9.92. The highest BCUT2D eigenvalue weighted by Gasteiger charge is 2.34. The molecule has 37 heavy (non-hydrogen) atoms. The summed E-state index contributed by atoms with van der Waals surface area (Å²) in [5, 5.41) is 24.4. The van der Waals surface area contributed by atoms with E-state index in [1.54, 1.807) is 25.1 Å². The number of benzene rings is 3. The maximum atomic E-state index is 13.4. The van der Waals surface area contributed by atoms with Crippen molar-refractivity contribution in [3.05, 3.63) is 101 Å². The highest BCUT2D eigenvalue weighted by molar-refractivity contribution is 7.89. The minimum atomic E-state index is -3.82. The Hall–Kier alpha value is -3.04. The molecule has 1 amide bonds. The number of aliphatic hydroxyl groups is 2. The van der Waals surface area contributed by atoms with Crippen LogP contribution in [0.5, 0.6) is 0 Å². The zero-order chi connectivity index (χ0) is 26.6. The number of carbonyl (C=O) groups is 1. The molecule has 0 spiro atoms. The first kappa shape index (κ1) is 27.0. The van der Waals surface area contributed by atoms with Crippen LogP contribution in [-0.2, 0) is 27.7 Å². The molecule has 0 saturated heterocycles. The third-order valence-electron chi connectivity index (χ3n) is 6.88. The van der Waals surface area contributed by atoms with Gasteiger partial charge in [-0.05, 0) is 55.0 Å². The van der Waals surface area contributed by atoms with E-state index in [9.17, 15) is 23.4 Å². The monoisotopic (exact) mass is 522 g/mol. The van der Waals surface area contributed by atoms with E-state index in [1.165, 1.54) is 0 Å². The van der Waals surface area contributed by atoms with Crippen molar-refractivity contribution in [3.8, 4) is 0 Å². The summed E-state index contributed by atoms with van der Waals surface area (Å²) in [7, 11) is -3.82. The minimum Gasteiger partial charge on any atom is -0.392 e. The zero-order valence-corrected chi connectivity index (χ0v) is 21.9. The van der Waals surface area contributed by atoms with Gasteiger partial charge in [-0.25, -0.2) is 13.1 Å².